The van der Waals surface area contributed by atoms with Crippen molar-refractivity contribution < 1.29 is 28.6 Å². The van der Waals surface area contributed by atoms with Gasteiger partial charge < -0.3 is 20.4 Å². The minimum atomic E-state index is -4.98. The molecular weight excluding hydrogens is 246 g/mol. The molecule has 1 aliphatic heterocycles. The Bertz CT molecular complexity index is 378. The zero-order valence-corrected chi connectivity index (χ0v) is 9.45. The first-order valence-electron chi connectivity index (χ1n) is 4.09. The third-order valence-corrected chi connectivity index (χ3v) is 6.91. The van der Waals surface area contributed by atoms with E-state index in [-0.39, 0.29) is 19.3 Å². The van der Waals surface area contributed by atoms with E-state index < -0.39 is 26.0 Å². The molecule has 0 aromatic rings. The monoisotopic (exact) mass is 258 g/mol. The van der Waals surface area contributed by atoms with E-state index in [1.54, 1.807) is 5.09 Å². The van der Waals surface area contributed by atoms with E-state index in [2.05, 4.69) is 0 Å². The lowest BCUT2D eigenvalue weighted by molar-refractivity contribution is -0.119. The topological polar surface area (TPSA) is 150 Å². The molecule has 88 valence electrons. The second-order valence-corrected chi connectivity index (χ2v) is 7.80. The summed E-state index contributed by atoms with van der Waals surface area (Å²) >= 11 is 0. The molecule has 1 fully saturated rings. The third kappa shape index (κ3) is 2.15. The smallest absolute Gasteiger partial charge is 0.327 e. The number of carbonyl (C=O) groups excluding carboxylic acids is 1. The first-order valence-corrected chi connectivity index (χ1v) is 7.36. The normalized spacial score (nSPS) is 38.3. The van der Waals surface area contributed by atoms with Crippen LogP contribution < -0.4 is 10.8 Å². The highest BCUT2D eigenvalue weighted by atomic mass is 31.2. The maximum absolute atomic E-state index is 11.6. The van der Waals surface area contributed by atoms with E-state index in [4.69, 9.17) is 15.5 Å². The highest BCUT2D eigenvalue weighted by Gasteiger charge is 2.58. The summed E-state index contributed by atoms with van der Waals surface area (Å²) in [6.07, 6.45) is -0.411. The van der Waals surface area contributed by atoms with Gasteiger partial charge in [-0.1, -0.05) is 0 Å². The lowest BCUT2D eigenvalue weighted by atomic mass is 10.2. The van der Waals surface area contributed by atoms with E-state index in [0.29, 0.717) is 0 Å². The summed E-state index contributed by atoms with van der Waals surface area (Å²) < 4.78 is 22.6. The van der Waals surface area contributed by atoms with Gasteiger partial charge in [0.15, 0.2) is 0 Å². The number of carbonyl (C=O) groups is 1. The molecule has 0 bridgehead atoms. The molecule has 1 aliphatic rings. The van der Waals surface area contributed by atoms with Crippen LogP contribution in [0.25, 0.3) is 0 Å². The van der Waals surface area contributed by atoms with Gasteiger partial charge in [-0.3, -0.25) is 19.0 Å². The van der Waals surface area contributed by atoms with Gasteiger partial charge in [-0.05, 0) is 12.8 Å². The standard InChI is InChI=1S/C5H12N2O6P2/c6-5(15(11,12)13)3-1-2-4(8)7-14(5,9)10/h1-3,6H2,(H2,11,12,13)(H2,7,8,9,10). The van der Waals surface area contributed by atoms with Crippen LogP contribution in [0.2, 0.25) is 0 Å². The second-order valence-electron chi connectivity index (χ2n) is 3.39. The Balaban J connectivity index is 3.23. The molecule has 1 saturated heterocycles. The summed E-state index contributed by atoms with van der Waals surface area (Å²) in [5.41, 5.74) is 5.29. The molecule has 0 radical (unpaired) electrons. The van der Waals surface area contributed by atoms with Crippen molar-refractivity contribution in [3.63, 3.8) is 0 Å². The predicted octanol–water partition coefficient (Wildman–Crippen LogP) is -0.738. The molecule has 2 atom stereocenters. The third-order valence-electron chi connectivity index (χ3n) is 2.25. The number of nitrogens with two attached hydrogens (primary N) is 1. The summed E-state index contributed by atoms with van der Waals surface area (Å²) in [7, 11) is -9.59. The van der Waals surface area contributed by atoms with Crippen LogP contribution in [0, 0.1) is 0 Å². The summed E-state index contributed by atoms with van der Waals surface area (Å²) in [4.78, 5) is 38.2. The van der Waals surface area contributed by atoms with Crippen LogP contribution in [0.1, 0.15) is 19.3 Å². The number of hydrogen-bond donors (Lipinski definition) is 5. The van der Waals surface area contributed by atoms with Gasteiger partial charge in [0.2, 0.25) is 10.9 Å². The van der Waals surface area contributed by atoms with E-state index in [9.17, 15) is 18.8 Å². The van der Waals surface area contributed by atoms with Crippen molar-refractivity contribution in [1.29, 1.82) is 0 Å². The molecule has 2 unspecified atom stereocenters. The van der Waals surface area contributed by atoms with Crippen molar-refractivity contribution in [2.75, 3.05) is 0 Å². The number of amides is 1. The van der Waals surface area contributed by atoms with E-state index in [1.165, 1.54) is 0 Å². The lowest BCUT2D eigenvalue weighted by Gasteiger charge is -2.31. The Morgan fingerprint density at radius 2 is 2.07 bits per heavy atom. The molecule has 0 aromatic carbocycles. The zero-order chi connectivity index (χ0) is 11.9. The number of nitrogens with one attached hydrogen (secondary N) is 1. The summed E-state index contributed by atoms with van der Waals surface area (Å²) in [6, 6.07) is 0. The van der Waals surface area contributed by atoms with Gasteiger partial charge in [0.1, 0.15) is 0 Å². The van der Waals surface area contributed by atoms with E-state index in [0.717, 1.165) is 0 Å². The molecule has 1 heterocycles. The molecule has 1 rings (SSSR count). The molecule has 0 aliphatic carbocycles. The fourth-order valence-corrected chi connectivity index (χ4v) is 4.42. The van der Waals surface area contributed by atoms with Crippen molar-refractivity contribution in [3.8, 4) is 0 Å². The fourth-order valence-electron chi connectivity index (χ4n) is 1.30. The number of hydrogen-bond acceptors (Lipinski definition) is 4. The van der Waals surface area contributed by atoms with Crippen LogP contribution in [0.5, 0.6) is 0 Å². The minimum absolute atomic E-state index is 0.0536. The Labute approximate surface area is 85.5 Å². The molecular formula is C5H12N2O6P2. The summed E-state index contributed by atoms with van der Waals surface area (Å²) in [5.74, 6) is -0.735. The Kier molecular flexibility index (Phi) is 3.13. The zero-order valence-electron chi connectivity index (χ0n) is 7.66. The number of rotatable bonds is 1. The second kappa shape index (κ2) is 3.66. The molecule has 0 spiro atoms. The first-order chi connectivity index (χ1) is 6.60. The summed E-state index contributed by atoms with van der Waals surface area (Å²) in [6.45, 7) is 0. The lowest BCUT2D eigenvalue weighted by Crippen LogP contribution is -2.42. The minimum Gasteiger partial charge on any atom is -0.327 e. The van der Waals surface area contributed by atoms with Crippen LogP contribution in [0.3, 0.4) is 0 Å². The molecule has 6 N–H and O–H groups in total. The van der Waals surface area contributed by atoms with Gasteiger partial charge in [-0.15, -0.1) is 0 Å². The predicted molar refractivity (Wildman–Crippen MR) is 50.8 cm³/mol. The van der Waals surface area contributed by atoms with E-state index >= 15 is 0 Å². The highest BCUT2D eigenvalue weighted by molar-refractivity contribution is 7.74. The summed E-state index contributed by atoms with van der Waals surface area (Å²) in [5, 5.41) is -0.907. The molecule has 0 aromatic heterocycles. The molecule has 0 saturated carbocycles. The highest BCUT2D eigenvalue weighted by Crippen LogP contribution is 2.68. The molecule has 8 nitrogen and oxygen atoms in total. The van der Waals surface area contributed by atoms with Crippen LogP contribution in [-0.4, -0.2) is 25.6 Å². The van der Waals surface area contributed by atoms with Gasteiger partial charge in [0, 0.05) is 6.42 Å². The van der Waals surface area contributed by atoms with Crippen LogP contribution in [0.4, 0.5) is 0 Å². The van der Waals surface area contributed by atoms with Crippen molar-refractivity contribution in [2.24, 2.45) is 5.73 Å². The Morgan fingerprint density at radius 1 is 1.53 bits per heavy atom. The average Bonchev–Trinajstić information content (AvgIpc) is 2.08. The quantitative estimate of drug-likeness (QED) is 0.388. The van der Waals surface area contributed by atoms with E-state index in [1.807, 2.05) is 0 Å². The SMILES string of the molecule is NC1(P(=O)(O)O)CCCC(=O)NP1(=O)O. The van der Waals surface area contributed by atoms with Gasteiger partial charge in [0.25, 0.3) is 0 Å². The fraction of sp³-hybridized carbons (Fsp3) is 0.800. The van der Waals surface area contributed by atoms with Gasteiger partial charge in [-0.2, -0.15) is 0 Å². The van der Waals surface area contributed by atoms with Crippen molar-refractivity contribution in [2.45, 2.75) is 24.3 Å². The average molecular weight is 258 g/mol. The molecule has 15 heavy (non-hydrogen) atoms. The van der Waals surface area contributed by atoms with Crippen molar-refractivity contribution in [1.82, 2.24) is 5.09 Å². The Hall–Kier alpha value is -0.230. The van der Waals surface area contributed by atoms with Crippen LogP contribution in [-0.2, 0) is 13.9 Å². The largest absolute Gasteiger partial charge is 0.357 e. The van der Waals surface area contributed by atoms with Crippen molar-refractivity contribution in [3.05, 3.63) is 0 Å². The maximum Gasteiger partial charge on any atom is 0.357 e. The molecule has 1 amide bonds. The first kappa shape index (κ1) is 12.8. The van der Waals surface area contributed by atoms with Gasteiger partial charge in [-0.25, -0.2) is 0 Å². The maximum atomic E-state index is 11.6. The van der Waals surface area contributed by atoms with Crippen molar-refractivity contribution >= 4 is 21.0 Å². The van der Waals surface area contributed by atoms with Crippen LogP contribution >= 0.6 is 15.1 Å². The Morgan fingerprint density at radius 3 is 2.53 bits per heavy atom. The van der Waals surface area contributed by atoms with Gasteiger partial charge >= 0.3 is 15.1 Å². The van der Waals surface area contributed by atoms with Crippen LogP contribution in [0.15, 0.2) is 0 Å². The van der Waals surface area contributed by atoms with Gasteiger partial charge in [0.05, 0.1) is 0 Å². The molecule has 10 heteroatoms.